The number of nitrogens with zero attached hydrogens (tertiary/aromatic N) is 3. The second-order valence-corrected chi connectivity index (χ2v) is 7.90. The van der Waals surface area contributed by atoms with Gasteiger partial charge in [0.15, 0.2) is 0 Å². The summed E-state index contributed by atoms with van der Waals surface area (Å²) < 4.78 is 12.5. The molecule has 6 heteroatoms. The number of methoxy groups -OCH3 is 1. The maximum absolute atomic E-state index is 11.8. The van der Waals surface area contributed by atoms with Gasteiger partial charge in [0.05, 0.1) is 12.6 Å². The first-order chi connectivity index (χ1) is 14.4. The number of ether oxygens (including phenoxy) is 2. The molecule has 0 saturated carbocycles. The molecule has 0 spiro atoms. The van der Waals surface area contributed by atoms with E-state index in [4.69, 9.17) is 14.6 Å². The minimum Gasteiger partial charge on any atom is -0.492 e. The summed E-state index contributed by atoms with van der Waals surface area (Å²) in [5.41, 5.74) is 2.68. The maximum Gasteiger partial charge on any atom is 0.327 e. The summed E-state index contributed by atoms with van der Waals surface area (Å²) in [6.07, 6.45) is 0. The highest BCUT2D eigenvalue weighted by Crippen LogP contribution is 2.30. The van der Waals surface area contributed by atoms with Crippen molar-refractivity contribution < 1.29 is 14.3 Å². The third-order valence-corrected chi connectivity index (χ3v) is 5.22. The van der Waals surface area contributed by atoms with E-state index in [1.165, 1.54) is 7.11 Å². The van der Waals surface area contributed by atoms with Crippen molar-refractivity contribution in [1.82, 2.24) is 14.7 Å². The van der Waals surface area contributed by atoms with Crippen molar-refractivity contribution in [3.05, 3.63) is 48.5 Å². The lowest BCUT2D eigenvalue weighted by Crippen LogP contribution is -2.39. The van der Waals surface area contributed by atoms with Crippen LogP contribution < -0.4 is 4.74 Å². The minimum atomic E-state index is -0.327. The Kier molecular flexibility index (Phi) is 7.11. The molecule has 3 aromatic rings. The first-order valence-corrected chi connectivity index (χ1v) is 10.4. The summed E-state index contributed by atoms with van der Waals surface area (Å²) in [4.78, 5) is 14.2. The third kappa shape index (κ3) is 5.00. The van der Waals surface area contributed by atoms with Gasteiger partial charge in [0.1, 0.15) is 24.6 Å². The van der Waals surface area contributed by atoms with Gasteiger partial charge in [0.25, 0.3) is 0 Å². The highest BCUT2D eigenvalue weighted by Gasteiger charge is 2.16. The molecule has 3 rings (SSSR count). The van der Waals surface area contributed by atoms with Crippen molar-refractivity contribution in [2.75, 3.05) is 20.3 Å². The quantitative estimate of drug-likeness (QED) is 0.491. The van der Waals surface area contributed by atoms with Gasteiger partial charge < -0.3 is 9.47 Å². The largest absolute Gasteiger partial charge is 0.492 e. The van der Waals surface area contributed by atoms with Gasteiger partial charge in [-0.25, -0.2) is 0 Å². The number of carbonyl (C=O) groups is 1. The van der Waals surface area contributed by atoms with Crippen LogP contribution in [-0.4, -0.2) is 53.0 Å². The molecule has 0 aliphatic heterocycles. The van der Waals surface area contributed by atoms with Crippen LogP contribution in [0, 0.1) is 0 Å². The van der Waals surface area contributed by atoms with E-state index in [0.29, 0.717) is 18.7 Å². The van der Waals surface area contributed by atoms with E-state index in [1.807, 2.05) is 48.5 Å². The Morgan fingerprint density at radius 1 is 1.07 bits per heavy atom. The number of benzene rings is 2. The summed E-state index contributed by atoms with van der Waals surface area (Å²) in [6.45, 7) is 10.4. The van der Waals surface area contributed by atoms with Crippen LogP contribution in [0.3, 0.4) is 0 Å². The standard InChI is InChI=1S/C24H31N3O3/c1-17(2)26(18(3)4)13-14-30-20-10-8-9-19(15-20)24-21-11-6-7-12-22(21)27(25-24)16-23(28)29-5/h6-12,15,17-18H,13-14,16H2,1-5H3. The van der Waals surface area contributed by atoms with Gasteiger partial charge in [-0.05, 0) is 45.9 Å². The smallest absolute Gasteiger partial charge is 0.327 e. The molecular formula is C24H31N3O3. The van der Waals surface area contributed by atoms with Gasteiger partial charge in [0, 0.05) is 29.6 Å². The summed E-state index contributed by atoms with van der Waals surface area (Å²) in [5.74, 6) is 0.485. The minimum absolute atomic E-state index is 0.0768. The number of rotatable bonds is 9. The molecule has 160 valence electrons. The van der Waals surface area contributed by atoms with Crippen LogP contribution in [0.15, 0.2) is 48.5 Å². The molecule has 0 fully saturated rings. The van der Waals surface area contributed by atoms with Gasteiger partial charge in [-0.3, -0.25) is 14.4 Å². The zero-order valence-electron chi connectivity index (χ0n) is 18.5. The zero-order chi connectivity index (χ0) is 21.7. The van der Waals surface area contributed by atoms with Crippen LogP contribution in [0.4, 0.5) is 0 Å². The van der Waals surface area contributed by atoms with Crippen LogP contribution in [0.1, 0.15) is 27.7 Å². The molecule has 2 aromatic carbocycles. The van der Waals surface area contributed by atoms with Crippen LogP contribution >= 0.6 is 0 Å². The molecule has 0 unspecified atom stereocenters. The Morgan fingerprint density at radius 2 is 1.80 bits per heavy atom. The summed E-state index contributed by atoms with van der Waals surface area (Å²) >= 11 is 0. The van der Waals surface area contributed by atoms with Crippen molar-refractivity contribution in [2.24, 2.45) is 0 Å². The Hall–Kier alpha value is -2.86. The van der Waals surface area contributed by atoms with E-state index in [2.05, 4.69) is 32.6 Å². The van der Waals surface area contributed by atoms with Crippen LogP contribution in [0.2, 0.25) is 0 Å². The summed E-state index contributed by atoms with van der Waals surface area (Å²) in [6, 6.07) is 16.8. The van der Waals surface area contributed by atoms with Gasteiger partial charge in [-0.15, -0.1) is 0 Å². The topological polar surface area (TPSA) is 56.6 Å². The molecule has 0 N–H and O–H groups in total. The molecule has 0 saturated heterocycles. The van der Waals surface area contributed by atoms with Gasteiger partial charge in [0.2, 0.25) is 0 Å². The Bertz CT molecular complexity index is 986. The predicted octanol–water partition coefficient (Wildman–Crippen LogP) is 4.37. The normalized spacial score (nSPS) is 11.6. The molecular weight excluding hydrogens is 378 g/mol. The number of fused-ring (bicyclic) bond motifs is 1. The third-order valence-electron chi connectivity index (χ3n) is 5.22. The first kappa shape index (κ1) is 21.8. The molecule has 0 amide bonds. The number of aromatic nitrogens is 2. The average Bonchev–Trinajstić information content (AvgIpc) is 3.09. The Balaban J connectivity index is 1.82. The zero-order valence-corrected chi connectivity index (χ0v) is 18.5. The van der Waals surface area contributed by atoms with E-state index < -0.39 is 0 Å². The van der Waals surface area contributed by atoms with Crippen LogP contribution in [-0.2, 0) is 16.1 Å². The Morgan fingerprint density at radius 3 is 2.50 bits per heavy atom. The number of hydrogen-bond acceptors (Lipinski definition) is 5. The van der Waals surface area contributed by atoms with Crippen molar-refractivity contribution in [1.29, 1.82) is 0 Å². The van der Waals surface area contributed by atoms with Gasteiger partial charge >= 0.3 is 5.97 Å². The van der Waals surface area contributed by atoms with E-state index in [0.717, 1.165) is 34.5 Å². The van der Waals surface area contributed by atoms with E-state index in [1.54, 1.807) is 4.68 Å². The molecule has 1 heterocycles. The molecule has 1 aromatic heterocycles. The predicted molar refractivity (Wildman–Crippen MR) is 120 cm³/mol. The fourth-order valence-electron chi connectivity index (χ4n) is 3.76. The highest BCUT2D eigenvalue weighted by molar-refractivity contribution is 5.94. The lowest BCUT2D eigenvalue weighted by molar-refractivity contribution is -0.141. The number of esters is 1. The molecule has 6 nitrogen and oxygen atoms in total. The number of carbonyl (C=O) groups excluding carboxylic acids is 1. The molecule has 0 aliphatic carbocycles. The SMILES string of the molecule is COC(=O)Cn1nc(-c2cccc(OCCN(C(C)C)C(C)C)c2)c2ccccc21. The number of para-hydroxylation sites is 1. The average molecular weight is 410 g/mol. The molecule has 0 aliphatic rings. The van der Waals surface area contributed by atoms with Crippen molar-refractivity contribution >= 4 is 16.9 Å². The molecule has 30 heavy (non-hydrogen) atoms. The van der Waals surface area contributed by atoms with Gasteiger partial charge in [-0.2, -0.15) is 5.10 Å². The number of hydrogen-bond donors (Lipinski definition) is 0. The van der Waals surface area contributed by atoms with Crippen molar-refractivity contribution in [2.45, 2.75) is 46.3 Å². The van der Waals surface area contributed by atoms with E-state index in [9.17, 15) is 4.79 Å². The molecule has 0 atom stereocenters. The lowest BCUT2D eigenvalue weighted by atomic mass is 10.1. The van der Waals surface area contributed by atoms with Crippen LogP contribution in [0.5, 0.6) is 5.75 Å². The second kappa shape index (κ2) is 9.76. The molecule has 0 bridgehead atoms. The summed E-state index contributed by atoms with van der Waals surface area (Å²) in [7, 11) is 1.38. The lowest BCUT2D eigenvalue weighted by Gasteiger charge is -2.30. The first-order valence-electron chi connectivity index (χ1n) is 10.4. The highest BCUT2D eigenvalue weighted by atomic mass is 16.5. The van der Waals surface area contributed by atoms with Crippen molar-refractivity contribution in [3.8, 4) is 17.0 Å². The van der Waals surface area contributed by atoms with E-state index in [-0.39, 0.29) is 12.5 Å². The van der Waals surface area contributed by atoms with E-state index >= 15 is 0 Å². The fraction of sp³-hybridized carbons (Fsp3) is 0.417. The second-order valence-electron chi connectivity index (χ2n) is 7.90. The summed E-state index contributed by atoms with van der Waals surface area (Å²) in [5, 5.41) is 5.69. The van der Waals surface area contributed by atoms with Crippen molar-refractivity contribution in [3.63, 3.8) is 0 Å². The monoisotopic (exact) mass is 409 g/mol. The Labute approximate surface area is 178 Å². The molecule has 0 radical (unpaired) electrons. The van der Waals surface area contributed by atoms with Gasteiger partial charge in [-0.1, -0.05) is 30.3 Å². The fourth-order valence-corrected chi connectivity index (χ4v) is 3.76. The maximum atomic E-state index is 11.8. The van der Waals surface area contributed by atoms with Crippen LogP contribution in [0.25, 0.3) is 22.2 Å².